The number of carbonyl (C=O) groups is 2. The molecule has 12 heavy (non-hydrogen) atoms. The molecule has 70 valence electrons. The van der Waals surface area contributed by atoms with Gasteiger partial charge in [0.2, 0.25) is 12.3 Å². The van der Waals surface area contributed by atoms with E-state index in [1.165, 1.54) is 6.92 Å². The minimum Gasteiger partial charge on any atom is -0.357 e. The number of rotatable bonds is 7. The van der Waals surface area contributed by atoms with E-state index < -0.39 is 0 Å². The third-order valence-corrected chi connectivity index (χ3v) is 1.21. The monoisotopic (exact) mass is 173 g/mol. The number of hydrogen-bond donors (Lipinski definition) is 3. The summed E-state index contributed by atoms with van der Waals surface area (Å²) >= 11 is 0. The van der Waals surface area contributed by atoms with Gasteiger partial charge in [0.15, 0.2) is 0 Å². The van der Waals surface area contributed by atoms with Crippen molar-refractivity contribution in [3.63, 3.8) is 0 Å². The molecule has 0 atom stereocenters. The van der Waals surface area contributed by atoms with Gasteiger partial charge in [0.1, 0.15) is 0 Å². The van der Waals surface area contributed by atoms with Crippen molar-refractivity contribution in [3.8, 4) is 0 Å². The highest BCUT2D eigenvalue weighted by molar-refractivity contribution is 5.72. The lowest BCUT2D eigenvalue weighted by Crippen LogP contribution is -2.33. The molecule has 0 saturated carbocycles. The molecule has 0 aromatic heterocycles. The van der Waals surface area contributed by atoms with E-state index >= 15 is 0 Å². The highest BCUT2D eigenvalue weighted by Crippen LogP contribution is 1.61. The fourth-order valence-electron chi connectivity index (χ4n) is 0.671. The minimum atomic E-state index is -0.0252. The zero-order valence-corrected chi connectivity index (χ0v) is 7.22. The molecule has 0 fully saturated rings. The van der Waals surface area contributed by atoms with Crippen LogP contribution in [0.1, 0.15) is 6.92 Å². The van der Waals surface area contributed by atoms with Gasteiger partial charge in [0.25, 0.3) is 0 Å². The Hall–Kier alpha value is -1.10. The lowest BCUT2D eigenvalue weighted by molar-refractivity contribution is -0.118. The third kappa shape index (κ3) is 8.90. The van der Waals surface area contributed by atoms with Gasteiger partial charge < -0.3 is 16.0 Å². The number of carbonyl (C=O) groups excluding carboxylic acids is 2. The molecule has 0 unspecified atom stereocenters. The van der Waals surface area contributed by atoms with Gasteiger partial charge in [-0.3, -0.25) is 9.59 Å². The van der Waals surface area contributed by atoms with Crippen LogP contribution in [0.3, 0.4) is 0 Å². The second kappa shape index (κ2) is 8.00. The van der Waals surface area contributed by atoms with E-state index in [2.05, 4.69) is 16.0 Å². The van der Waals surface area contributed by atoms with Crippen LogP contribution in [0.4, 0.5) is 0 Å². The third-order valence-electron chi connectivity index (χ3n) is 1.21. The lowest BCUT2D eigenvalue weighted by atomic mass is 10.5. The predicted octanol–water partition coefficient (Wildman–Crippen LogP) is -1.54. The van der Waals surface area contributed by atoms with Gasteiger partial charge in [-0.15, -0.1) is 0 Å². The summed E-state index contributed by atoms with van der Waals surface area (Å²) in [6, 6.07) is 0. The molecule has 5 heteroatoms. The van der Waals surface area contributed by atoms with Crippen molar-refractivity contribution in [2.45, 2.75) is 6.92 Å². The standard InChI is InChI=1S/C7H15N3O2/c1-7(12)10-5-4-8-2-3-9-6-11/h6,8H,2-5H2,1H3,(H,9,11)(H,10,12). The van der Waals surface area contributed by atoms with Crippen molar-refractivity contribution in [3.05, 3.63) is 0 Å². The average Bonchev–Trinajstić information content (AvgIpc) is 2.02. The SMILES string of the molecule is CC(=O)NCCNCCNC=O. The molecule has 0 spiro atoms. The highest BCUT2D eigenvalue weighted by Gasteiger charge is 1.89. The molecule has 3 N–H and O–H groups in total. The molecule has 5 nitrogen and oxygen atoms in total. The van der Waals surface area contributed by atoms with Crippen LogP contribution in [0, 0.1) is 0 Å². The first kappa shape index (κ1) is 10.9. The molecule has 0 aliphatic rings. The summed E-state index contributed by atoms with van der Waals surface area (Å²) in [5.74, 6) is -0.0252. The van der Waals surface area contributed by atoms with Crippen LogP contribution in [0.15, 0.2) is 0 Å². The quantitative estimate of drug-likeness (QED) is 0.323. The Balaban J connectivity index is 2.90. The molecule has 0 bridgehead atoms. The Bertz CT molecular complexity index is 139. The Labute approximate surface area is 71.9 Å². The highest BCUT2D eigenvalue weighted by atomic mass is 16.1. The molecule has 0 radical (unpaired) electrons. The molecule has 0 aliphatic carbocycles. The van der Waals surface area contributed by atoms with E-state index in [9.17, 15) is 9.59 Å². The van der Waals surface area contributed by atoms with Gasteiger partial charge in [-0.2, -0.15) is 0 Å². The second-order valence-electron chi connectivity index (χ2n) is 2.30. The molecular formula is C7H15N3O2. The van der Waals surface area contributed by atoms with Crippen molar-refractivity contribution < 1.29 is 9.59 Å². The van der Waals surface area contributed by atoms with E-state index in [4.69, 9.17) is 0 Å². The van der Waals surface area contributed by atoms with Gasteiger partial charge in [-0.1, -0.05) is 0 Å². The summed E-state index contributed by atoms with van der Waals surface area (Å²) < 4.78 is 0. The van der Waals surface area contributed by atoms with E-state index in [0.717, 1.165) is 13.1 Å². The number of amides is 2. The number of nitrogens with one attached hydrogen (secondary N) is 3. The first-order chi connectivity index (χ1) is 5.77. The topological polar surface area (TPSA) is 70.2 Å². The number of hydrogen-bond acceptors (Lipinski definition) is 3. The van der Waals surface area contributed by atoms with Crippen molar-refractivity contribution in [1.82, 2.24) is 16.0 Å². The first-order valence-corrected chi connectivity index (χ1v) is 3.89. The summed E-state index contributed by atoms with van der Waals surface area (Å²) in [4.78, 5) is 20.2. The molecule has 0 rings (SSSR count). The summed E-state index contributed by atoms with van der Waals surface area (Å²) in [6.07, 6.45) is 0.662. The van der Waals surface area contributed by atoms with Crippen molar-refractivity contribution in [2.75, 3.05) is 26.2 Å². The first-order valence-electron chi connectivity index (χ1n) is 3.89. The van der Waals surface area contributed by atoms with Crippen LogP contribution in [0.5, 0.6) is 0 Å². The largest absolute Gasteiger partial charge is 0.357 e. The predicted molar refractivity (Wildman–Crippen MR) is 45.6 cm³/mol. The lowest BCUT2D eigenvalue weighted by Gasteiger charge is -2.03. The molecule has 0 saturated heterocycles. The minimum absolute atomic E-state index is 0.0252. The average molecular weight is 173 g/mol. The molecule has 0 aliphatic heterocycles. The van der Waals surface area contributed by atoms with Crippen molar-refractivity contribution in [2.24, 2.45) is 0 Å². The Morgan fingerprint density at radius 1 is 1.25 bits per heavy atom. The van der Waals surface area contributed by atoms with Crippen LogP contribution >= 0.6 is 0 Å². The molecule has 0 aromatic carbocycles. The van der Waals surface area contributed by atoms with E-state index in [-0.39, 0.29) is 5.91 Å². The zero-order valence-electron chi connectivity index (χ0n) is 7.22. The summed E-state index contributed by atoms with van der Waals surface area (Å²) in [6.45, 7) is 4.16. The second-order valence-corrected chi connectivity index (χ2v) is 2.30. The van der Waals surface area contributed by atoms with Crippen molar-refractivity contribution in [1.29, 1.82) is 0 Å². The van der Waals surface area contributed by atoms with Gasteiger partial charge >= 0.3 is 0 Å². The molecule has 0 heterocycles. The fourth-order valence-corrected chi connectivity index (χ4v) is 0.671. The Morgan fingerprint density at radius 2 is 1.92 bits per heavy atom. The fraction of sp³-hybridized carbons (Fsp3) is 0.714. The molecular weight excluding hydrogens is 158 g/mol. The summed E-state index contributed by atoms with van der Waals surface area (Å²) in [5.41, 5.74) is 0. The van der Waals surface area contributed by atoms with Gasteiger partial charge in [0.05, 0.1) is 0 Å². The maximum absolute atomic E-state index is 10.4. The summed E-state index contributed by atoms with van der Waals surface area (Å²) in [7, 11) is 0. The van der Waals surface area contributed by atoms with Crippen LogP contribution in [0.25, 0.3) is 0 Å². The van der Waals surface area contributed by atoms with E-state index in [1.54, 1.807) is 0 Å². The van der Waals surface area contributed by atoms with Crippen LogP contribution < -0.4 is 16.0 Å². The Kier molecular flexibility index (Phi) is 7.27. The normalized spacial score (nSPS) is 9.08. The van der Waals surface area contributed by atoms with Crippen LogP contribution in [-0.2, 0) is 9.59 Å². The zero-order chi connectivity index (χ0) is 9.23. The van der Waals surface area contributed by atoms with Gasteiger partial charge in [-0.25, -0.2) is 0 Å². The molecule has 0 aromatic rings. The van der Waals surface area contributed by atoms with Crippen molar-refractivity contribution >= 4 is 12.3 Å². The van der Waals surface area contributed by atoms with E-state index in [0.29, 0.717) is 19.5 Å². The Morgan fingerprint density at radius 3 is 2.50 bits per heavy atom. The van der Waals surface area contributed by atoms with Crippen LogP contribution in [-0.4, -0.2) is 38.5 Å². The molecule has 2 amide bonds. The van der Waals surface area contributed by atoms with Crippen LogP contribution in [0.2, 0.25) is 0 Å². The maximum atomic E-state index is 10.4. The van der Waals surface area contributed by atoms with Gasteiger partial charge in [0, 0.05) is 33.1 Å². The summed E-state index contributed by atoms with van der Waals surface area (Å²) in [5, 5.41) is 8.20. The van der Waals surface area contributed by atoms with E-state index in [1.807, 2.05) is 0 Å². The maximum Gasteiger partial charge on any atom is 0.216 e. The smallest absolute Gasteiger partial charge is 0.216 e. The van der Waals surface area contributed by atoms with Gasteiger partial charge in [-0.05, 0) is 0 Å².